The van der Waals surface area contributed by atoms with E-state index in [1.54, 1.807) is 137 Å². The summed E-state index contributed by atoms with van der Waals surface area (Å²) in [7, 11) is 1.77. The fraction of sp³-hybridized carbons (Fsp3) is 0.213. The Morgan fingerprint density at radius 2 is 0.800 bits per heavy atom. The predicted octanol–water partition coefficient (Wildman–Crippen LogP) is 19.6. The second kappa shape index (κ2) is 39.6. The number of urea groups is 4. The highest BCUT2D eigenvalue weighted by molar-refractivity contribution is 6.14. The van der Waals surface area contributed by atoms with E-state index in [4.69, 9.17) is 9.47 Å². The zero-order valence-corrected chi connectivity index (χ0v) is 75.5. The van der Waals surface area contributed by atoms with Crippen LogP contribution in [-0.2, 0) is 33.2 Å². The molecule has 0 bridgehead atoms. The van der Waals surface area contributed by atoms with E-state index in [2.05, 4.69) is 106 Å². The number of H-pyrrole nitrogens is 2. The van der Waals surface area contributed by atoms with Crippen molar-refractivity contribution in [3.63, 3.8) is 0 Å². The summed E-state index contributed by atoms with van der Waals surface area (Å²) in [5.41, 5.74) is 11.5. The molecule has 5 aliphatic heterocycles. The second-order valence-corrected chi connectivity index (χ2v) is 33.2. The number of hydrogen-bond donors (Lipinski definition) is 6. The van der Waals surface area contributed by atoms with Gasteiger partial charge in [0.25, 0.3) is 0 Å². The summed E-state index contributed by atoms with van der Waals surface area (Å²) >= 11 is 0. The van der Waals surface area contributed by atoms with Gasteiger partial charge in [0.1, 0.15) is 63.4 Å². The van der Waals surface area contributed by atoms with E-state index >= 15 is 0 Å². The van der Waals surface area contributed by atoms with Crippen LogP contribution in [0.2, 0.25) is 0 Å². The van der Waals surface area contributed by atoms with E-state index in [1.165, 1.54) is 96.7 Å². The van der Waals surface area contributed by atoms with Crippen molar-refractivity contribution in [1.29, 1.82) is 0 Å². The summed E-state index contributed by atoms with van der Waals surface area (Å²) in [6, 6.07) is 46.5. The number of fused-ring (bicyclic) bond motifs is 7. The number of ether oxygens (including phenoxy) is 3. The molecule has 9 aromatic heterocycles. The van der Waals surface area contributed by atoms with Gasteiger partial charge in [-0.05, 0) is 171 Å². The van der Waals surface area contributed by atoms with Crippen molar-refractivity contribution in [3.05, 3.63) is 265 Å². The third-order valence-corrected chi connectivity index (χ3v) is 22.9. The van der Waals surface area contributed by atoms with Crippen LogP contribution in [0.5, 0.6) is 17.2 Å². The van der Waals surface area contributed by atoms with Crippen molar-refractivity contribution in [1.82, 2.24) is 89.4 Å². The van der Waals surface area contributed by atoms with E-state index in [1.807, 2.05) is 65.9 Å². The van der Waals surface area contributed by atoms with E-state index < -0.39 is 75.6 Å². The topological polar surface area (TPSA) is 391 Å². The highest BCUT2D eigenvalue weighted by atomic mass is 19.4. The maximum Gasteiger partial charge on any atom is 0.405 e. The number of aromatic amines is 2. The van der Waals surface area contributed by atoms with Crippen LogP contribution >= 0.6 is 0 Å². The van der Waals surface area contributed by atoms with Crippen molar-refractivity contribution in [3.8, 4) is 40.0 Å². The molecule has 0 radical (unpaired) electrons. The molecule has 51 heteroatoms. The van der Waals surface area contributed by atoms with Crippen molar-refractivity contribution < 1.29 is 94.9 Å². The second-order valence-electron chi connectivity index (χ2n) is 33.2. The number of aryl methyl sites for hydroxylation is 2. The number of amides is 8. The summed E-state index contributed by atoms with van der Waals surface area (Å²) in [5, 5.41) is 27.0. The van der Waals surface area contributed by atoms with Gasteiger partial charge >= 0.3 is 55.4 Å². The molecule has 6 N–H and O–H groups in total. The molecule has 0 spiro atoms. The lowest BCUT2D eigenvalue weighted by atomic mass is 10.1. The Balaban J connectivity index is 0.000000122. The fourth-order valence-electron chi connectivity index (χ4n) is 16.0. The summed E-state index contributed by atoms with van der Waals surface area (Å²) < 4.78 is 197. The lowest BCUT2D eigenvalue weighted by Gasteiger charge is -2.36. The number of imidazole rings is 1. The molecule has 1 fully saturated rings. The summed E-state index contributed by atoms with van der Waals surface area (Å²) in [6.07, 6.45) is -0.0482. The lowest BCUT2D eigenvalue weighted by Crippen LogP contribution is -2.45. The van der Waals surface area contributed by atoms with Gasteiger partial charge in [0.05, 0.1) is 60.1 Å². The molecule has 16 aromatic rings. The molecule has 7 aromatic carbocycles. The molecular formula is C94H76F14N30O7. The quantitative estimate of drug-likeness (QED) is 0.0364. The van der Waals surface area contributed by atoms with E-state index in [0.717, 1.165) is 46.1 Å². The van der Waals surface area contributed by atoms with Gasteiger partial charge in [-0.15, -0.1) is 0 Å². The third kappa shape index (κ3) is 22.0. The van der Waals surface area contributed by atoms with E-state index in [9.17, 15) is 80.6 Å². The number of carbonyl (C=O) groups is 4. The van der Waals surface area contributed by atoms with Crippen molar-refractivity contribution in [2.24, 2.45) is 7.05 Å². The number of halogens is 14. The maximum atomic E-state index is 13.9. The molecule has 0 atom stereocenters. The van der Waals surface area contributed by atoms with Gasteiger partial charge in [-0.25, -0.2) is 73.7 Å². The molecule has 1 saturated carbocycles. The van der Waals surface area contributed by atoms with Crippen LogP contribution < -0.4 is 74.7 Å². The molecule has 0 unspecified atom stereocenters. The first-order chi connectivity index (χ1) is 69.6. The summed E-state index contributed by atoms with van der Waals surface area (Å²) in [4.78, 5) is 112. The molecule has 6 aliphatic rings. The van der Waals surface area contributed by atoms with Gasteiger partial charge in [0.2, 0.25) is 23.8 Å². The number of aromatic nitrogens is 18. The highest BCUT2D eigenvalue weighted by Gasteiger charge is 2.42. The van der Waals surface area contributed by atoms with Crippen LogP contribution in [0.25, 0.3) is 39.3 Å². The lowest BCUT2D eigenvalue weighted by molar-refractivity contribution is -0.116. The average Bonchev–Trinajstić information content (AvgIpc) is 0.961. The number of nitrogens with one attached hydrogen (secondary N) is 6. The van der Waals surface area contributed by atoms with Gasteiger partial charge in [-0.1, -0.05) is 29.8 Å². The number of hydrogen-bond acceptors (Lipinski definition) is 25. The van der Waals surface area contributed by atoms with Crippen LogP contribution in [0, 0.1) is 6.92 Å². The number of nitrogens with zero attached hydrogens (tertiary/aromatic N) is 24. The fourth-order valence-corrected chi connectivity index (χ4v) is 16.0. The molecule has 742 valence electrons. The van der Waals surface area contributed by atoms with Crippen molar-refractivity contribution in [2.45, 2.75) is 83.2 Å². The Kier molecular flexibility index (Phi) is 26.2. The molecule has 37 nitrogen and oxygen atoms in total. The first-order valence-corrected chi connectivity index (χ1v) is 44.1. The van der Waals surface area contributed by atoms with E-state index in [0.29, 0.717) is 104 Å². The molecule has 1 aliphatic carbocycles. The Bertz CT molecular complexity index is 7440. The van der Waals surface area contributed by atoms with Crippen LogP contribution in [-0.4, -0.2) is 184 Å². The van der Waals surface area contributed by atoms with Crippen LogP contribution in [0.1, 0.15) is 52.1 Å². The maximum absolute atomic E-state index is 13.9. The van der Waals surface area contributed by atoms with Crippen LogP contribution in [0.4, 0.5) is 173 Å². The van der Waals surface area contributed by atoms with Crippen molar-refractivity contribution in [2.75, 3.05) is 99.9 Å². The van der Waals surface area contributed by atoms with Crippen LogP contribution in [0.15, 0.2) is 232 Å². The summed E-state index contributed by atoms with van der Waals surface area (Å²) in [6.45, 7) is -5.02. The number of benzene rings is 7. The SMILES string of the molecule is Cc1ccc(N2Cc3cnc(NCC(F)(F)F)nc3N(c3ccc(-c4ncn[nH]4)cc3)C2=O)cc1.Cn1cc2cc(N3Cc4cnc(NCC(F)(F)F)nc4N(c4ccc(OC(F)F)cc4)C3=O)ccc2n1.O=C1N(c2ccc3c(c2)OCCO3)Cc2cnc(NCC(F)(F)F)nc2N1c1ccc(-c2ncn[nH]2)cc1.O=C1N(c2ccc3nccn3c2)Cc2cnc(NCC(F)(F)F)nc2N1c1ccc(C2CC2)cc1. The van der Waals surface area contributed by atoms with Crippen molar-refractivity contribution >= 4 is 133 Å². The Morgan fingerprint density at radius 1 is 0.421 bits per heavy atom. The third-order valence-electron chi connectivity index (χ3n) is 22.9. The minimum absolute atomic E-state index is 0.0442. The largest absolute Gasteiger partial charge is 0.486 e. The average molecular weight is 2000 g/mol. The van der Waals surface area contributed by atoms with Gasteiger partial charge < -0.3 is 39.9 Å². The number of carbonyl (C=O) groups excluding carboxylic acids is 4. The highest BCUT2D eigenvalue weighted by Crippen LogP contribution is 2.47. The monoisotopic (exact) mass is 2000 g/mol. The first kappa shape index (κ1) is 95.9. The van der Waals surface area contributed by atoms with Gasteiger partial charge in [0.15, 0.2) is 46.4 Å². The Morgan fingerprint density at radius 3 is 1.21 bits per heavy atom. The van der Waals surface area contributed by atoms with Crippen LogP contribution in [0.3, 0.4) is 0 Å². The molecule has 8 amide bonds. The van der Waals surface area contributed by atoms with Gasteiger partial charge in [-0.3, -0.25) is 34.5 Å². The minimum Gasteiger partial charge on any atom is -0.486 e. The standard InChI is InChI=1S/C24H19F3N8O3.C24H20F3N7O.C23H18F5N7O2.C23H19F3N8O/c25-24(26,27)12-29-22-28-10-15-11-34(17-5-6-18-19(9-17)38-8-7-37-18)23(36)35(21(15)32-22)16-3-1-14(2-4-16)20-30-13-31-33-20;25-24(26,27)14-30-22-29-11-17-12-33(19-7-8-20-28-9-10-32(20)13-19)23(35)34(21(17)31-22)18-5-3-16(4-6-18)15-1-2-15;1-33-10-13-8-16(4-7-18(13)32-33)34-11-14-9-29-21(30-12-23(26,27)28)31-19(14)35(22(34)36)15-2-5-17(6-3-15)37-20(24)25;1-14-2-6-17(7-3-14)33-11-16-10-27-21(28-12-23(24,25)26)31-20(16)34(22(33)35)18-8-4-15(5-9-18)19-29-13-30-32-19/h1-6,9-10,13H,7-8,11-12H2,(H,28,29,32)(H,30,31,33);3-11,13,15H,1-2,12,14H2,(H,29,30,31);2-10,20H,11-12H2,1H3,(H,29,30,31);2-10,13H,11-12H2,1H3,(H,27,28,31)(H,29,30,32). The smallest absolute Gasteiger partial charge is 0.405 e. The molecule has 0 saturated heterocycles. The Hall–Kier alpha value is -18.0. The zero-order chi connectivity index (χ0) is 101. The van der Waals surface area contributed by atoms with E-state index in [-0.39, 0.29) is 90.7 Å². The summed E-state index contributed by atoms with van der Waals surface area (Å²) in [5.74, 6) is 2.34. The molecule has 22 rings (SSSR count). The number of alkyl halides is 14. The number of pyridine rings is 1. The van der Waals surface area contributed by atoms with Gasteiger partial charge in [0, 0.05) is 119 Å². The normalized spacial score (nSPS) is 14.6. The Labute approximate surface area is 809 Å². The minimum atomic E-state index is -4.50. The first-order valence-electron chi connectivity index (χ1n) is 44.1. The molecule has 145 heavy (non-hydrogen) atoms. The number of rotatable bonds is 21. The number of anilines is 16. The predicted molar refractivity (Wildman–Crippen MR) is 501 cm³/mol. The molecular weight excluding hydrogens is 1930 g/mol. The van der Waals surface area contributed by atoms with Gasteiger partial charge in [-0.2, -0.15) is 96.7 Å². The zero-order valence-electron chi connectivity index (χ0n) is 75.5. The molecule has 14 heterocycles.